The summed E-state index contributed by atoms with van der Waals surface area (Å²) in [5.74, 6) is 1.11. The molecule has 0 amide bonds. The quantitative estimate of drug-likeness (QED) is 0.375. The Morgan fingerprint density at radius 1 is 1.06 bits per heavy atom. The predicted molar refractivity (Wildman–Crippen MR) is 142 cm³/mol. The SMILES string of the molecule is COc1cc(-c2cccc(CN)c2)c(S(=O)(=O)Nc2ccc(Cl)c(O[C@]3(C)CCNC3)c2)cc1OC. The summed E-state index contributed by atoms with van der Waals surface area (Å²) in [6, 6.07) is 15.3. The average molecular weight is 532 g/mol. The third-order valence-corrected chi connectivity index (χ3v) is 7.85. The lowest BCUT2D eigenvalue weighted by Crippen LogP contribution is -2.34. The topological polar surface area (TPSA) is 112 Å². The third-order valence-electron chi connectivity index (χ3n) is 6.12. The second kappa shape index (κ2) is 10.6. The Labute approximate surface area is 216 Å². The van der Waals surface area contributed by atoms with E-state index in [9.17, 15) is 8.42 Å². The maximum absolute atomic E-state index is 13.7. The second-order valence-corrected chi connectivity index (χ2v) is 10.9. The minimum Gasteiger partial charge on any atom is -0.493 e. The average Bonchev–Trinajstić information content (AvgIpc) is 3.30. The Balaban J connectivity index is 1.75. The molecule has 4 rings (SSSR count). The highest BCUT2D eigenvalue weighted by molar-refractivity contribution is 7.92. The first kappa shape index (κ1) is 26.1. The second-order valence-electron chi connectivity index (χ2n) is 8.84. The van der Waals surface area contributed by atoms with Gasteiger partial charge in [-0.05, 0) is 48.9 Å². The Hall–Kier alpha value is -2.98. The first-order valence-electron chi connectivity index (χ1n) is 11.5. The van der Waals surface area contributed by atoms with Gasteiger partial charge in [0.05, 0.1) is 29.8 Å². The van der Waals surface area contributed by atoms with Crippen molar-refractivity contribution >= 4 is 27.3 Å². The minimum atomic E-state index is -4.07. The number of nitrogens with two attached hydrogens (primary N) is 1. The van der Waals surface area contributed by atoms with Gasteiger partial charge in [0.2, 0.25) is 0 Å². The van der Waals surface area contributed by atoms with Crippen LogP contribution in [0.2, 0.25) is 5.02 Å². The molecule has 1 aliphatic heterocycles. The Morgan fingerprint density at radius 3 is 2.47 bits per heavy atom. The van der Waals surface area contributed by atoms with Gasteiger partial charge in [0.15, 0.2) is 11.5 Å². The molecule has 0 spiro atoms. The van der Waals surface area contributed by atoms with Crippen molar-refractivity contribution in [1.29, 1.82) is 0 Å². The molecule has 8 nitrogen and oxygen atoms in total. The summed E-state index contributed by atoms with van der Waals surface area (Å²) in [5.41, 5.74) is 7.71. The molecule has 1 saturated heterocycles. The Morgan fingerprint density at radius 2 is 1.81 bits per heavy atom. The molecule has 1 aliphatic rings. The van der Waals surface area contributed by atoms with E-state index in [0.717, 1.165) is 18.5 Å². The van der Waals surface area contributed by atoms with E-state index in [4.69, 9.17) is 31.5 Å². The van der Waals surface area contributed by atoms with Crippen LogP contribution in [0.3, 0.4) is 0 Å². The molecule has 36 heavy (non-hydrogen) atoms. The standard InChI is InChI=1S/C26H30ClN3O5S/c1-26(9-10-29-16-26)35-22-12-19(7-8-21(22)27)30-36(31,32)25-14-24(34-3)23(33-2)13-20(25)18-6-4-5-17(11-18)15-28/h4-8,11-14,29-30H,9-10,15-16,28H2,1-3H3/t26-/m1/s1. The van der Waals surface area contributed by atoms with Crippen molar-refractivity contribution in [2.75, 3.05) is 32.0 Å². The summed E-state index contributed by atoms with van der Waals surface area (Å²) in [4.78, 5) is 0.0266. The van der Waals surface area contributed by atoms with Crippen molar-refractivity contribution in [3.63, 3.8) is 0 Å². The summed E-state index contributed by atoms with van der Waals surface area (Å²) in [6.07, 6.45) is 0.816. The first-order valence-corrected chi connectivity index (χ1v) is 13.3. The van der Waals surface area contributed by atoms with Crippen LogP contribution in [0.4, 0.5) is 5.69 Å². The molecular formula is C26H30ClN3O5S. The van der Waals surface area contributed by atoms with Crippen LogP contribution < -0.4 is 30.0 Å². The van der Waals surface area contributed by atoms with Crippen LogP contribution in [-0.2, 0) is 16.6 Å². The minimum absolute atomic E-state index is 0.0266. The third kappa shape index (κ3) is 5.54. The molecule has 0 bridgehead atoms. The normalized spacial score (nSPS) is 17.6. The Kier molecular flexibility index (Phi) is 7.65. The van der Waals surface area contributed by atoms with Crippen molar-refractivity contribution in [2.45, 2.75) is 30.4 Å². The molecule has 1 atom stereocenters. The molecule has 0 unspecified atom stereocenters. The molecule has 0 aromatic heterocycles. The van der Waals surface area contributed by atoms with E-state index in [0.29, 0.717) is 52.2 Å². The Bertz CT molecular complexity index is 1360. The zero-order valence-electron chi connectivity index (χ0n) is 20.4. The number of halogens is 1. The predicted octanol–water partition coefficient (Wildman–Crippen LogP) is 4.41. The molecule has 0 aliphatic carbocycles. The van der Waals surface area contributed by atoms with Crippen LogP contribution in [-0.4, -0.2) is 41.3 Å². The zero-order chi connectivity index (χ0) is 25.9. The highest BCUT2D eigenvalue weighted by Gasteiger charge is 2.31. The number of rotatable bonds is 9. The van der Waals surface area contributed by atoms with Gasteiger partial charge in [-0.25, -0.2) is 8.42 Å². The number of hydrogen-bond acceptors (Lipinski definition) is 7. The lowest BCUT2D eigenvalue weighted by Gasteiger charge is -2.26. The molecule has 4 N–H and O–H groups in total. The highest BCUT2D eigenvalue weighted by Crippen LogP contribution is 2.39. The van der Waals surface area contributed by atoms with Gasteiger partial charge >= 0.3 is 0 Å². The first-order chi connectivity index (χ1) is 17.2. The van der Waals surface area contributed by atoms with Crippen molar-refractivity contribution in [2.24, 2.45) is 5.73 Å². The van der Waals surface area contributed by atoms with Gasteiger partial charge in [-0.2, -0.15) is 0 Å². The van der Waals surface area contributed by atoms with Crippen LogP contribution in [0.1, 0.15) is 18.9 Å². The molecule has 3 aromatic carbocycles. The molecule has 10 heteroatoms. The lowest BCUT2D eigenvalue weighted by atomic mass is 10.0. The highest BCUT2D eigenvalue weighted by atomic mass is 35.5. The maximum atomic E-state index is 13.7. The van der Waals surface area contributed by atoms with Crippen LogP contribution in [0.25, 0.3) is 11.1 Å². The van der Waals surface area contributed by atoms with Gasteiger partial charge in [0.1, 0.15) is 11.4 Å². The molecule has 1 heterocycles. The van der Waals surface area contributed by atoms with Gasteiger partial charge in [-0.3, -0.25) is 4.72 Å². The molecule has 0 saturated carbocycles. The maximum Gasteiger partial charge on any atom is 0.262 e. The van der Waals surface area contributed by atoms with Crippen molar-refractivity contribution in [1.82, 2.24) is 5.32 Å². The van der Waals surface area contributed by atoms with Gasteiger partial charge in [-0.15, -0.1) is 0 Å². The molecular weight excluding hydrogens is 502 g/mol. The number of benzene rings is 3. The fraction of sp³-hybridized carbons (Fsp3) is 0.308. The fourth-order valence-corrected chi connectivity index (χ4v) is 5.61. The van der Waals surface area contributed by atoms with Gasteiger partial charge < -0.3 is 25.3 Å². The summed E-state index contributed by atoms with van der Waals surface area (Å²) in [5, 5.41) is 3.67. The lowest BCUT2D eigenvalue weighted by molar-refractivity contribution is 0.111. The van der Waals surface area contributed by atoms with E-state index in [1.54, 1.807) is 24.3 Å². The smallest absolute Gasteiger partial charge is 0.262 e. The molecule has 1 fully saturated rings. The van der Waals surface area contributed by atoms with E-state index >= 15 is 0 Å². The zero-order valence-corrected chi connectivity index (χ0v) is 22.0. The van der Waals surface area contributed by atoms with Gasteiger partial charge in [0, 0.05) is 37.2 Å². The number of hydrogen-bond donors (Lipinski definition) is 3. The largest absolute Gasteiger partial charge is 0.493 e. The summed E-state index contributed by atoms with van der Waals surface area (Å²) >= 11 is 6.37. The number of anilines is 1. The number of ether oxygens (including phenoxy) is 3. The van der Waals surface area contributed by atoms with E-state index in [1.807, 2.05) is 31.2 Å². The fourth-order valence-electron chi connectivity index (χ4n) is 4.18. The number of nitrogens with one attached hydrogen (secondary N) is 2. The summed E-state index contributed by atoms with van der Waals surface area (Å²) < 4.78 is 47.1. The van der Waals surface area contributed by atoms with Gasteiger partial charge in [-0.1, -0.05) is 29.8 Å². The monoisotopic (exact) mass is 531 g/mol. The van der Waals surface area contributed by atoms with Crippen molar-refractivity contribution in [3.05, 3.63) is 65.2 Å². The molecule has 3 aromatic rings. The van der Waals surface area contributed by atoms with E-state index < -0.39 is 15.6 Å². The van der Waals surface area contributed by atoms with Crippen molar-refractivity contribution in [3.8, 4) is 28.4 Å². The molecule has 192 valence electrons. The van der Waals surface area contributed by atoms with Crippen LogP contribution in [0.5, 0.6) is 17.2 Å². The van der Waals surface area contributed by atoms with Crippen LogP contribution >= 0.6 is 11.6 Å². The van der Waals surface area contributed by atoms with E-state index in [-0.39, 0.29) is 4.90 Å². The van der Waals surface area contributed by atoms with E-state index in [1.165, 1.54) is 20.3 Å². The summed E-state index contributed by atoms with van der Waals surface area (Å²) in [6.45, 7) is 3.83. The van der Waals surface area contributed by atoms with E-state index in [2.05, 4.69) is 10.0 Å². The van der Waals surface area contributed by atoms with Crippen LogP contribution in [0.15, 0.2) is 59.5 Å². The van der Waals surface area contributed by atoms with Crippen molar-refractivity contribution < 1.29 is 22.6 Å². The number of sulfonamides is 1. The molecule has 0 radical (unpaired) electrons. The number of methoxy groups -OCH3 is 2. The van der Waals surface area contributed by atoms with Crippen LogP contribution in [0, 0.1) is 0 Å². The van der Waals surface area contributed by atoms with Gasteiger partial charge in [0.25, 0.3) is 10.0 Å². The summed E-state index contributed by atoms with van der Waals surface area (Å²) in [7, 11) is -1.11.